The van der Waals surface area contributed by atoms with Crippen molar-refractivity contribution in [3.63, 3.8) is 0 Å². The van der Waals surface area contributed by atoms with E-state index in [9.17, 15) is 15.3 Å². The van der Waals surface area contributed by atoms with Gasteiger partial charge in [0.15, 0.2) is 0 Å². The van der Waals surface area contributed by atoms with E-state index in [2.05, 4.69) is 0 Å². The molecule has 0 spiro atoms. The molecular weight excluding hydrogens is 328 g/mol. The molecule has 1 heterocycles. The van der Waals surface area contributed by atoms with Crippen LogP contribution in [-0.2, 0) is 0 Å². The first-order chi connectivity index (χ1) is 12.7. The fourth-order valence-corrected chi connectivity index (χ4v) is 3.15. The smallest absolute Gasteiger partial charge is 0.0924 e. The SMILES string of the molecule is OCCN(CCO)CC(O)c1cc(-c2ccccc2)nc2ccccc12. The Bertz CT molecular complexity index is 833. The third kappa shape index (κ3) is 4.26. The zero-order valence-corrected chi connectivity index (χ0v) is 14.6. The minimum atomic E-state index is -0.747. The molecule has 26 heavy (non-hydrogen) atoms. The molecule has 3 rings (SSSR count). The van der Waals surface area contributed by atoms with Gasteiger partial charge in [-0.2, -0.15) is 0 Å². The molecule has 3 N–H and O–H groups in total. The number of hydrogen-bond donors (Lipinski definition) is 3. The monoisotopic (exact) mass is 352 g/mol. The molecule has 0 saturated carbocycles. The second-order valence-corrected chi connectivity index (χ2v) is 6.24. The van der Waals surface area contributed by atoms with Crippen molar-refractivity contribution in [1.82, 2.24) is 9.88 Å². The second kappa shape index (κ2) is 8.87. The Morgan fingerprint density at radius 2 is 1.54 bits per heavy atom. The molecule has 2 aromatic carbocycles. The van der Waals surface area contributed by atoms with E-state index < -0.39 is 6.10 Å². The number of para-hydroxylation sites is 1. The van der Waals surface area contributed by atoms with E-state index >= 15 is 0 Å². The van der Waals surface area contributed by atoms with Crippen molar-refractivity contribution in [3.05, 3.63) is 66.2 Å². The van der Waals surface area contributed by atoms with Gasteiger partial charge in [-0.25, -0.2) is 4.98 Å². The lowest BCUT2D eigenvalue weighted by atomic mass is 10.00. The van der Waals surface area contributed by atoms with Crippen LogP contribution in [0.5, 0.6) is 0 Å². The van der Waals surface area contributed by atoms with Crippen LogP contribution in [0.1, 0.15) is 11.7 Å². The molecule has 0 saturated heterocycles. The molecule has 5 nitrogen and oxygen atoms in total. The molecule has 1 aromatic heterocycles. The van der Waals surface area contributed by atoms with Crippen molar-refractivity contribution in [2.24, 2.45) is 0 Å². The van der Waals surface area contributed by atoms with Crippen molar-refractivity contribution in [3.8, 4) is 11.3 Å². The molecule has 3 aromatic rings. The maximum absolute atomic E-state index is 10.9. The van der Waals surface area contributed by atoms with Crippen molar-refractivity contribution >= 4 is 10.9 Å². The highest BCUT2D eigenvalue weighted by molar-refractivity contribution is 5.85. The van der Waals surface area contributed by atoms with Gasteiger partial charge >= 0.3 is 0 Å². The first kappa shape index (κ1) is 18.5. The molecule has 1 unspecified atom stereocenters. The Hall–Kier alpha value is -2.31. The normalized spacial score (nSPS) is 12.6. The highest BCUT2D eigenvalue weighted by atomic mass is 16.3. The highest BCUT2D eigenvalue weighted by Crippen LogP contribution is 2.29. The minimum absolute atomic E-state index is 0.0148. The van der Waals surface area contributed by atoms with Crippen LogP contribution in [0.3, 0.4) is 0 Å². The van der Waals surface area contributed by atoms with Crippen molar-refractivity contribution in [1.29, 1.82) is 0 Å². The topological polar surface area (TPSA) is 76.8 Å². The molecule has 0 amide bonds. The van der Waals surface area contributed by atoms with Gasteiger partial charge in [-0.3, -0.25) is 4.90 Å². The molecule has 0 aliphatic rings. The molecule has 0 bridgehead atoms. The lowest BCUT2D eigenvalue weighted by Gasteiger charge is -2.24. The van der Waals surface area contributed by atoms with Crippen LogP contribution in [0.15, 0.2) is 60.7 Å². The van der Waals surface area contributed by atoms with Gasteiger partial charge in [-0.05, 0) is 17.7 Å². The van der Waals surface area contributed by atoms with Crippen molar-refractivity contribution in [2.45, 2.75) is 6.10 Å². The van der Waals surface area contributed by atoms with E-state index in [-0.39, 0.29) is 13.2 Å². The van der Waals surface area contributed by atoms with Gasteiger partial charge < -0.3 is 15.3 Å². The van der Waals surface area contributed by atoms with Crippen LogP contribution in [0.4, 0.5) is 0 Å². The van der Waals surface area contributed by atoms with Crippen LogP contribution in [0.25, 0.3) is 22.2 Å². The van der Waals surface area contributed by atoms with E-state index in [0.717, 1.165) is 27.7 Å². The van der Waals surface area contributed by atoms with Crippen LogP contribution < -0.4 is 0 Å². The predicted octanol–water partition coefficient (Wildman–Crippen LogP) is 2.22. The quantitative estimate of drug-likeness (QED) is 0.579. The molecule has 1 atom stereocenters. The van der Waals surface area contributed by atoms with Gasteiger partial charge in [0.05, 0.1) is 30.5 Å². The van der Waals surface area contributed by atoms with Crippen molar-refractivity contribution < 1.29 is 15.3 Å². The van der Waals surface area contributed by atoms with E-state index in [4.69, 9.17) is 4.98 Å². The minimum Gasteiger partial charge on any atom is -0.395 e. The summed E-state index contributed by atoms with van der Waals surface area (Å²) in [6, 6.07) is 19.6. The number of aliphatic hydroxyl groups excluding tert-OH is 3. The zero-order chi connectivity index (χ0) is 18.4. The summed E-state index contributed by atoms with van der Waals surface area (Å²) in [5.74, 6) is 0. The summed E-state index contributed by atoms with van der Waals surface area (Å²) in [5.41, 5.74) is 3.44. The third-order valence-corrected chi connectivity index (χ3v) is 4.44. The Morgan fingerprint density at radius 3 is 2.23 bits per heavy atom. The van der Waals surface area contributed by atoms with Gasteiger partial charge in [0, 0.05) is 30.6 Å². The maximum Gasteiger partial charge on any atom is 0.0924 e. The third-order valence-electron chi connectivity index (χ3n) is 4.44. The Kier molecular flexibility index (Phi) is 6.30. The average Bonchev–Trinajstić information content (AvgIpc) is 2.68. The molecule has 5 heteroatoms. The van der Waals surface area contributed by atoms with E-state index in [1.54, 1.807) is 0 Å². The first-order valence-electron chi connectivity index (χ1n) is 8.80. The molecule has 0 fully saturated rings. The van der Waals surface area contributed by atoms with Gasteiger partial charge in [0.2, 0.25) is 0 Å². The van der Waals surface area contributed by atoms with Crippen LogP contribution in [0.2, 0.25) is 0 Å². The number of benzene rings is 2. The van der Waals surface area contributed by atoms with E-state index in [1.807, 2.05) is 65.6 Å². The first-order valence-corrected chi connectivity index (χ1v) is 8.80. The largest absolute Gasteiger partial charge is 0.395 e. The van der Waals surface area contributed by atoms with Crippen LogP contribution in [0, 0.1) is 0 Å². The van der Waals surface area contributed by atoms with E-state index in [0.29, 0.717) is 19.6 Å². The number of aliphatic hydroxyl groups is 3. The van der Waals surface area contributed by atoms with Gasteiger partial charge in [-0.1, -0.05) is 48.5 Å². The Labute approximate surface area is 153 Å². The lowest BCUT2D eigenvalue weighted by Crippen LogP contribution is -2.33. The molecule has 136 valence electrons. The molecule has 0 aliphatic heterocycles. The fraction of sp³-hybridized carbons (Fsp3) is 0.286. The summed E-state index contributed by atoms with van der Waals surface area (Å²) >= 11 is 0. The molecule has 0 aliphatic carbocycles. The number of hydrogen-bond acceptors (Lipinski definition) is 5. The van der Waals surface area contributed by atoms with Gasteiger partial charge in [0.1, 0.15) is 0 Å². The number of aromatic nitrogens is 1. The maximum atomic E-state index is 10.9. The summed E-state index contributed by atoms with van der Waals surface area (Å²) in [6.07, 6.45) is -0.747. The van der Waals surface area contributed by atoms with Crippen molar-refractivity contribution in [2.75, 3.05) is 32.8 Å². The summed E-state index contributed by atoms with van der Waals surface area (Å²) in [4.78, 5) is 6.58. The lowest BCUT2D eigenvalue weighted by molar-refractivity contribution is 0.0882. The number of rotatable bonds is 8. The molecular formula is C21H24N2O3. The number of pyridine rings is 1. The van der Waals surface area contributed by atoms with Gasteiger partial charge in [0.25, 0.3) is 0 Å². The summed E-state index contributed by atoms with van der Waals surface area (Å²) in [6.45, 7) is 1.12. The van der Waals surface area contributed by atoms with Crippen LogP contribution in [-0.4, -0.2) is 58.1 Å². The fourth-order valence-electron chi connectivity index (χ4n) is 3.15. The van der Waals surface area contributed by atoms with Crippen LogP contribution >= 0.6 is 0 Å². The predicted molar refractivity (Wildman–Crippen MR) is 103 cm³/mol. The summed E-state index contributed by atoms with van der Waals surface area (Å²) < 4.78 is 0. The Morgan fingerprint density at radius 1 is 0.885 bits per heavy atom. The number of fused-ring (bicyclic) bond motifs is 1. The second-order valence-electron chi connectivity index (χ2n) is 6.24. The number of nitrogens with zero attached hydrogens (tertiary/aromatic N) is 2. The standard InChI is InChI=1S/C21H24N2O3/c24-12-10-23(11-13-25)15-21(26)18-14-20(16-6-2-1-3-7-16)22-19-9-5-4-8-17(18)19/h1-9,14,21,24-26H,10-13,15H2. The zero-order valence-electron chi connectivity index (χ0n) is 14.6. The Balaban J connectivity index is 2.00. The van der Waals surface area contributed by atoms with E-state index in [1.165, 1.54) is 0 Å². The van der Waals surface area contributed by atoms with Gasteiger partial charge in [-0.15, -0.1) is 0 Å². The summed E-state index contributed by atoms with van der Waals surface area (Å²) in [5, 5.41) is 30.2. The average molecular weight is 352 g/mol. The molecule has 0 radical (unpaired) electrons. The summed E-state index contributed by atoms with van der Waals surface area (Å²) in [7, 11) is 0. The highest BCUT2D eigenvalue weighted by Gasteiger charge is 2.17.